The molecule has 0 aliphatic heterocycles. The van der Waals surface area contributed by atoms with E-state index in [1.165, 1.54) is 0 Å². The summed E-state index contributed by atoms with van der Waals surface area (Å²) in [5.74, 6) is 6.42. The summed E-state index contributed by atoms with van der Waals surface area (Å²) in [6.45, 7) is 6.24. The normalized spacial score (nSPS) is 15.2. The number of rotatable bonds is 7. The maximum atomic E-state index is 11.7. The average Bonchev–Trinajstić information content (AvgIpc) is 2.24. The second kappa shape index (κ2) is 7.92. The summed E-state index contributed by atoms with van der Waals surface area (Å²) in [6, 6.07) is 0.266. The Labute approximate surface area is 103 Å². The van der Waals surface area contributed by atoms with Gasteiger partial charge in [-0.1, -0.05) is 20.8 Å². The van der Waals surface area contributed by atoms with Gasteiger partial charge in [-0.05, 0) is 25.6 Å². The number of nitrogens with one attached hydrogen (secondary N) is 1. The van der Waals surface area contributed by atoms with Crippen LogP contribution in [0.3, 0.4) is 0 Å². The summed E-state index contributed by atoms with van der Waals surface area (Å²) in [7, 11) is 2.00. The van der Waals surface area contributed by atoms with E-state index in [1.807, 2.05) is 20.9 Å². The molecule has 0 saturated carbocycles. The van der Waals surface area contributed by atoms with E-state index in [0.29, 0.717) is 6.04 Å². The molecule has 4 nitrogen and oxygen atoms in total. The van der Waals surface area contributed by atoms with Crippen LogP contribution in [-0.2, 0) is 4.79 Å². The zero-order valence-corrected chi connectivity index (χ0v) is 11.8. The highest BCUT2D eigenvalue weighted by atomic mass is 32.2. The van der Waals surface area contributed by atoms with E-state index < -0.39 is 0 Å². The number of likely N-dealkylation sites (N-methyl/N-ethyl adjacent to an activating group) is 1. The Morgan fingerprint density at radius 3 is 2.38 bits per heavy atom. The molecule has 0 bridgehead atoms. The lowest BCUT2D eigenvalue weighted by Crippen LogP contribution is -2.54. The Hall–Kier alpha value is -0.260. The van der Waals surface area contributed by atoms with E-state index in [4.69, 9.17) is 5.84 Å². The van der Waals surface area contributed by atoms with Crippen molar-refractivity contribution in [2.75, 3.05) is 19.1 Å². The van der Waals surface area contributed by atoms with Gasteiger partial charge in [0.05, 0.1) is 6.04 Å². The minimum atomic E-state index is -0.151. The van der Waals surface area contributed by atoms with Crippen LogP contribution in [0.4, 0.5) is 0 Å². The van der Waals surface area contributed by atoms with Gasteiger partial charge in [0.15, 0.2) is 0 Å². The van der Waals surface area contributed by atoms with Crippen molar-refractivity contribution in [3.8, 4) is 0 Å². The maximum absolute atomic E-state index is 11.7. The molecule has 0 aromatic rings. The van der Waals surface area contributed by atoms with Gasteiger partial charge in [0.2, 0.25) is 0 Å². The van der Waals surface area contributed by atoms with Crippen molar-refractivity contribution >= 4 is 17.7 Å². The minimum absolute atomic E-state index is 0.1000. The molecule has 2 unspecified atom stereocenters. The number of hydrogen-bond donors (Lipinski definition) is 2. The zero-order valence-electron chi connectivity index (χ0n) is 11.0. The fourth-order valence-electron chi connectivity index (χ4n) is 1.99. The Morgan fingerprint density at radius 1 is 1.50 bits per heavy atom. The molecule has 0 radical (unpaired) electrons. The number of hydrogen-bond acceptors (Lipinski definition) is 4. The number of thioether (sulfide) groups is 1. The van der Waals surface area contributed by atoms with Crippen molar-refractivity contribution in [1.29, 1.82) is 0 Å². The predicted octanol–water partition coefficient (Wildman–Crippen LogP) is 1.07. The maximum Gasteiger partial charge on any atom is 0.251 e. The van der Waals surface area contributed by atoms with Gasteiger partial charge >= 0.3 is 0 Å². The van der Waals surface area contributed by atoms with Crippen LogP contribution < -0.4 is 11.3 Å². The number of carbonyl (C=O) groups is 1. The highest BCUT2D eigenvalue weighted by Gasteiger charge is 2.29. The van der Waals surface area contributed by atoms with Crippen molar-refractivity contribution in [1.82, 2.24) is 10.3 Å². The summed E-state index contributed by atoms with van der Waals surface area (Å²) in [4.78, 5) is 13.9. The average molecular weight is 247 g/mol. The molecule has 0 heterocycles. The fourth-order valence-corrected chi connectivity index (χ4v) is 2.84. The molecule has 0 aromatic heterocycles. The Kier molecular flexibility index (Phi) is 7.80. The number of amides is 1. The van der Waals surface area contributed by atoms with Crippen LogP contribution in [0.5, 0.6) is 0 Å². The number of nitrogens with two attached hydrogens (primary N) is 1. The molecular weight excluding hydrogens is 222 g/mol. The van der Waals surface area contributed by atoms with E-state index in [2.05, 4.69) is 23.5 Å². The Bertz CT molecular complexity index is 211. The van der Waals surface area contributed by atoms with Gasteiger partial charge in [-0.3, -0.25) is 15.1 Å². The Morgan fingerprint density at radius 2 is 2.06 bits per heavy atom. The molecular formula is C11H25N3OS. The standard InChI is InChI=1S/C11H25N3OS/c1-6-9(7-16-5)14(4)10(8(2)3)11(15)13-12/h8-10H,6-7,12H2,1-5H3,(H,13,15). The van der Waals surface area contributed by atoms with E-state index in [1.54, 1.807) is 11.8 Å². The second-order valence-electron chi connectivity index (χ2n) is 4.38. The molecule has 0 rings (SSSR count). The molecule has 16 heavy (non-hydrogen) atoms. The summed E-state index contributed by atoms with van der Waals surface area (Å²) in [5, 5.41) is 0. The second-order valence-corrected chi connectivity index (χ2v) is 5.29. The van der Waals surface area contributed by atoms with Crippen LogP contribution in [0.2, 0.25) is 0 Å². The smallest absolute Gasteiger partial charge is 0.251 e. The largest absolute Gasteiger partial charge is 0.293 e. The van der Waals surface area contributed by atoms with E-state index >= 15 is 0 Å². The van der Waals surface area contributed by atoms with Gasteiger partial charge in [0.1, 0.15) is 0 Å². The van der Waals surface area contributed by atoms with Crippen LogP contribution in [0.25, 0.3) is 0 Å². The van der Waals surface area contributed by atoms with Gasteiger partial charge in [0.25, 0.3) is 5.91 Å². The third-order valence-corrected chi connectivity index (χ3v) is 3.61. The molecule has 0 aromatic carbocycles. The molecule has 0 fully saturated rings. The fraction of sp³-hybridized carbons (Fsp3) is 0.909. The van der Waals surface area contributed by atoms with E-state index in [9.17, 15) is 4.79 Å². The molecule has 0 saturated heterocycles. The van der Waals surface area contributed by atoms with Gasteiger partial charge in [-0.2, -0.15) is 11.8 Å². The number of carbonyl (C=O) groups excluding carboxylic acids is 1. The topological polar surface area (TPSA) is 58.4 Å². The van der Waals surface area contributed by atoms with Crippen molar-refractivity contribution < 1.29 is 4.79 Å². The molecule has 3 N–H and O–H groups in total. The highest BCUT2D eigenvalue weighted by molar-refractivity contribution is 7.98. The van der Waals surface area contributed by atoms with Crippen LogP contribution >= 0.6 is 11.8 Å². The first-order valence-corrected chi connectivity index (χ1v) is 7.10. The molecule has 96 valence electrons. The monoisotopic (exact) mass is 247 g/mol. The summed E-state index contributed by atoms with van der Waals surface area (Å²) in [5.41, 5.74) is 2.26. The summed E-state index contributed by atoms with van der Waals surface area (Å²) < 4.78 is 0. The lowest BCUT2D eigenvalue weighted by molar-refractivity contribution is -0.128. The number of nitrogens with zero attached hydrogens (tertiary/aromatic N) is 1. The van der Waals surface area contributed by atoms with Crippen molar-refractivity contribution in [2.24, 2.45) is 11.8 Å². The third kappa shape index (κ3) is 4.31. The lowest BCUT2D eigenvalue weighted by atomic mass is 10.00. The molecule has 0 aliphatic rings. The quantitative estimate of drug-likeness (QED) is 0.401. The first kappa shape index (κ1) is 15.7. The first-order valence-electron chi connectivity index (χ1n) is 5.70. The SMILES string of the molecule is CCC(CSC)N(C)C(C(=O)NN)C(C)C. The first-order chi connectivity index (χ1) is 7.49. The van der Waals surface area contributed by atoms with Crippen molar-refractivity contribution in [3.05, 3.63) is 0 Å². The van der Waals surface area contributed by atoms with Gasteiger partial charge < -0.3 is 0 Å². The van der Waals surface area contributed by atoms with Crippen molar-refractivity contribution in [2.45, 2.75) is 39.3 Å². The minimum Gasteiger partial charge on any atom is -0.293 e. The molecule has 2 atom stereocenters. The third-order valence-electron chi connectivity index (χ3n) is 2.89. The van der Waals surface area contributed by atoms with Crippen LogP contribution in [0.15, 0.2) is 0 Å². The zero-order chi connectivity index (χ0) is 12.7. The van der Waals surface area contributed by atoms with E-state index in [0.717, 1.165) is 12.2 Å². The van der Waals surface area contributed by atoms with Gasteiger partial charge in [-0.25, -0.2) is 5.84 Å². The molecule has 1 amide bonds. The van der Waals surface area contributed by atoms with Crippen molar-refractivity contribution in [3.63, 3.8) is 0 Å². The molecule has 5 heteroatoms. The molecule has 0 spiro atoms. The number of hydrazine groups is 1. The van der Waals surface area contributed by atoms with Crippen LogP contribution in [0.1, 0.15) is 27.2 Å². The lowest BCUT2D eigenvalue weighted by Gasteiger charge is -2.35. The van der Waals surface area contributed by atoms with E-state index in [-0.39, 0.29) is 17.9 Å². The van der Waals surface area contributed by atoms with Gasteiger partial charge in [0, 0.05) is 11.8 Å². The van der Waals surface area contributed by atoms with Crippen LogP contribution in [0, 0.1) is 5.92 Å². The van der Waals surface area contributed by atoms with Crippen LogP contribution in [-0.4, -0.2) is 41.9 Å². The van der Waals surface area contributed by atoms with Gasteiger partial charge in [-0.15, -0.1) is 0 Å². The summed E-state index contributed by atoms with van der Waals surface area (Å²) in [6.07, 6.45) is 3.13. The summed E-state index contributed by atoms with van der Waals surface area (Å²) >= 11 is 1.81. The predicted molar refractivity (Wildman–Crippen MR) is 71.2 cm³/mol. The highest BCUT2D eigenvalue weighted by Crippen LogP contribution is 2.16. The molecule has 0 aliphatic carbocycles. The Balaban J connectivity index is 4.70.